The van der Waals surface area contributed by atoms with Crippen molar-refractivity contribution in [1.82, 2.24) is 0 Å². The molecule has 6 heteroatoms. The summed E-state index contributed by atoms with van der Waals surface area (Å²) in [4.78, 5) is 1.28. The summed E-state index contributed by atoms with van der Waals surface area (Å²) in [5.74, 6) is 1.07. The smallest absolute Gasteiger partial charge is 0.417 e. The van der Waals surface area contributed by atoms with E-state index in [1.807, 2.05) is 11.8 Å². The molecule has 1 saturated heterocycles. The van der Waals surface area contributed by atoms with E-state index in [1.165, 1.54) is 4.90 Å². The monoisotopic (exact) mass is 408 g/mol. The van der Waals surface area contributed by atoms with Gasteiger partial charge in [-0.15, -0.1) is 11.8 Å². The second-order valence-corrected chi connectivity index (χ2v) is 15.9. The summed E-state index contributed by atoms with van der Waals surface area (Å²) in [5, 5.41) is 0.281. The van der Waals surface area contributed by atoms with Gasteiger partial charge in [0, 0.05) is 17.3 Å². The van der Waals surface area contributed by atoms with Crippen molar-refractivity contribution < 1.29 is 13.7 Å². The number of hydrogen-bond donors (Lipinski definition) is 0. The number of benzene rings is 1. The maximum atomic E-state index is 6.25. The van der Waals surface area contributed by atoms with E-state index in [0.29, 0.717) is 0 Å². The first-order valence-electron chi connectivity index (χ1n) is 9.98. The van der Waals surface area contributed by atoms with Gasteiger partial charge in [-0.3, -0.25) is 0 Å². The molecule has 0 saturated carbocycles. The van der Waals surface area contributed by atoms with Gasteiger partial charge >= 0.3 is 7.12 Å². The summed E-state index contributed by atoms with van der Waals surface area (Å²) >= 11 is 1.88. The minimum Gasteiger partial charge on any atom is -0.417 e. The lowest BCUT2D eigenvalue weighted by Gasteiger charge is -2.36. The molecular weight excluding hydrogens is 371 g/mol. The molecule has 0 aromatic heterocycles. The first-order chi connectivity index (χ1) is 12.3. The van der Waals surface area contributed by atoms with Crippen molar-refractivity contribution in [3.63, 3.8) is 0 Å². The summed E-state index contributed by atoms with van der Waals surface area (Å²) in [7, 11) is -1.90. The fraction of sp³-hybridized carbons (Fsp3) is 0.714. The molecule has 0 atom stereocenters. The van der Waals surface area contributed by atoms with Gasteiger partial charge in [-0.2, -0.15) is 0 Å². The number of rotatable bonds is 7. The zero-order chi connectivity index (χ0) is 20.5. The third-order valence-corrected chi connectivity index (χ3v) is 11.9. The third-order valence-electron chi connectivity index (χ3n) is 6.23. The second-order valence-electron chi connectivity index (χ2n) is 9.97. The Labute approximate surface area is 172 Å². The molecule has 1 fully saturated rings. The second kappa shape index (κ2) is 8.23. The van der Waals surface area contributed by atoms with Crippen molar-refractivity contribution in [2.24, 2.45) is 0 Å². The standard InChI is InChI=1S/C21H37BO3SSi/c1-19(2,3)27(8,9)23-15-10-16-26-18-13-11-17(12-14-18)22-24-20(4,5)21(6,7)25-22/h11-14H,10,15-16H2,1-9H3. The van der Waals surface area contributed by atoms with Crippen molar-refractivity contribution in [2.45, 2.75) is 89.1 Å². The molecule has 1 heterocycles. The average Bonchev–Trinajstić information content (AvgIpc) is 2.74. The highest BCUT2D eigenvalue weighted by molar-refractivity contribution is 7.99. The minimum atomic E-state index is -1.62. The van der Waals surface area contributed by atoms with Crippen LogP contribution in [0.3, 0.4) is 0 Å². The first kappa shape index (κ1) is 23.0. The molecule has 0 radical (unpaired) electrons. The van der Waals surface area contributed by atoms with Crippen molar-refractivity contribution >= 4 is 32.7 Å². The molecule has 1 aliphatic heterocycles. The maximum Gasteiger partial charge on any atom is 0.494 e. The van der Waals surface area contributed by atoms with Crippen molar-refractivity contribution in [3.05, 3.63) is 24.3 Å². The lowest BCUT2D eigenvalue weighted by atomic mass is 9.79. The Balaban J connectivity index is 1.79. The summed E-state index contributed by atoms with van der Waals surface area (Å²) in [6.07, 6.45) is 1.08. The van der Waals surface area contributed by atoms with Crippen LogP contribution in [0.1, 0.15) is 54.9 Å². The minimum absolute atomic E-state index is 0.281. The summed E-state index contributed by atoms with van der Waals surface area (Å²) in [6.45, 7) is 20.7. The molecule has 1 aromatic rings. The highest BCUT2D eigenvalue weighted by Gasteiger charge is 2.51. The Hall–Kier alpha value is -0.268. The molecule has 1 aliphatic rings. The Kier molecular flexibility index (Phi) is 7.02. The van der Waals surface area contributed by atoms with Crippen LogP contribution in [0.15, 0.2) is 29.2 Å². The van der Waals surface area contributed by atoms with Gasteiger partial charge in [-0.1, -0.05) is 32.9 Å². The van der Waals surface area contributed by atoms with Crippen molar-refractivity contribution in [1.29, 1.82) is 0 Å². The average molecular weight is 408 g/mol. The van der Waals surface area contributed by atoms with Gasteiger partial charge in [0.25, 0.3) is 0 Å². The van der Waals surface area contributed by atoms with E-state index in [9.17, 15) is 0 Å². The number of hydrogen-bond acceptors (Lipinski definition) is 4. The summed E-state index contributed by atoms with van der Waals surface area (Å²) < 4.78 is 18.5. The van der Waals surface area contributed by atoms with Crippen LogP contribution in [0.5, 0.6) is 0 Å². The van der Waals surface area contributed by atoms with Gasteiger partial charge in [0.1, 0.15) is 0 Å². The van der Waals surface area contributed by atoms with Crippen LogP contribution >= 0.6 is 11.8 Å². The Morgan fingerprint density at radius 3 is 2.00 bits per heavy atom. The molecule has 3 nitrogen and oxygen atoms in total. The van der Waals surface area contributed by atoms with Crippen LogP contribution in [0.2, 0.25) is 18.1 Å². The van der Waals surface area contributed by atoms with E-state index in [1.54, 1.807) is 0 Å². The Morgan fingerprint density at radius 2 is 1.52 bits per heavy atom. The highest BCUT2D eigenvalue weighted by Crippen LogP contribution is 2.37. The molecule has 0 bridgehead atoms. The van der Waals surface area contributed by atoms with Crippen LogP contribution < -0.4 is 5.46 Å². The fourth-order valence-corrected chi connectivity index (χ4v) is 4.41. The molecule has 0 spiro atoms. The van der Waals surface area contributed by atoms with Crippen LogP contribution in [0.25, 0.3) is 0 Å². The predicted molar refractivity (Wildman–Crippen MR) is 121 cm³/mol. The van der Waals surface area contributed by atoms with Crippen LogP contribution in [-0.4, -0.2) is 39.0 Å². The molecular formula is C21H37BO3SSi. The quantitative estimate of drug-likeness (QED) is 0.339. The van der Waals surface area contributed by atoms with E-state index in [2.05, 4.69) is 85.8 Å². The zero-order valence-corrected chi connectivity index (χ0v) is 20.5. The maximum absolute atomic E-state index is 6.25. The number of thioether (sulfide) groups is 1. The summed E-state index contributed by atoms with van der Waals surface area (Å²) in [5.41, 5.74) is 0.490. The zero-order valence-electron chi connectivity index (χ0n) is 18.6. The van der Waals surface area contributed by atoms with Gasteiger partial charge in [-0.25, -0.2) is 0 Å². The molecule has 27 heavy (non-hydrogen) atoms. The molecule has 0 aliphatic carbocycles. The van der Waals surface area contributed by atoms with Crippen LogP contribution in [0, 0.1) is 0 Å². The normalized spacial score (nSPS) is 19.5. The van der Waals surface area contributed by atoms with Gasteiger partial charge in [0.15, 0.2) is 8.32 Å². The van der Waals surface area contributed by atoms with Gasteiger partial charge < -0.3 is 13.7 Å². The van der Waals surface area contributed by atoms with E-state index >= 15 is 0 Å². The lowest BCUT2D eigenvalue weighted by Crippen LogP contribution is -2.41. The van der Waals surface area contributed by atoms with Crippen molar-refractivity contribution in [2.75, 3.05) is 12.4 Å². The van der Waals surface area contributed by atoms with Crippen LogP contribution in [-0.2, 0) is 13.7 Å². The molecule has 0 unspecified atom stereocenters. The molecule has 2 rings (SSSR count). The predicted octanol–water partition coefficient (Wildman–Crippen LogP) is 5.49. The summed E-state index contributed by atoms with van der Waals surface area (Å²) in [6, 6.07) is 8.58. The molecule has 0 amide bonds. The topological polar surface area (TPSA) is 27.7 Å². The van der Waals surface area contributed by atoms with Gasteiger partial charge in [0.05, 0.1) is 11.2 Å². The lowest BCUT2D eigenvalue weighted by molar-refractivity contribution is 0.00578. The van der Waals surface area contributed by atoms with Gasteiger partial charge in [0.2, 0.25) is 0 Å². The largest absolute Gasteiger partial charge is 0.494 e. The Bertz CT molecular complexity index is 607. The molecule has 152 valence electrons. The highest BCUT2D eigenvalue weighted by atomic mass is 32.2. The fourth-order valence-electron chi connectivity index (χ4n) is 2.49. The van der Waals surface area contributed by atoms with Crippen molar-refractivity contribution in [3.8, 4) is 0 Å². The van der Waals surface area contributed by atoms with Crippen LogP contribution in [0.4, 0.5) is 0 Å². The van der Waals surface area contributed by atoms with Gasteiger partial charge in [-0.05, 0) is 69.8 Å². The first-order valence-corrected chi connectivity index (χ1v) is 13.9. The molecule has 0 N–H and O–H groups in total. The van der Waals surface area contributed by atoms with E-state index in [4.69, 9.17) is 13.7 Å². The third kappa shape index (κ3) is 5.63. The van der Waals surface area contributed by atoms with E-state index in [0.717, 1.165) is 24.2 Å². The SMILES string of the molecule is CC1(C)OB(c2ccc(SCCCO[Si](C)(C)C(C)(C)C)cc2)OC1(C)C. The van der Waals surface area contributed by atoms with E-state index < -0.39 is 8.32 Å². The van der Waals surface area contributed by atoms with E-state index in [-0.39, 0.29) is 23.4 Å². The Morgan fingerprint density at radius 1 is 1.00 bits per heavy atom. The molecule has 1 aromatic carbocycles.